The monoisotopic (exact) mass is 277 g/mol. The molecule has 0 aliphatic rings. The summed E-state index contributed by atoms with van der Waals surface area (Å²) in [4.78, 5) is 11.8. The maximum atomic E-state index is 13.7. The number of carbonyl (C=O) groups excluding carboxylic acids is 1. The Morgan fingerprint density at radius 2 is 1.95 bits per heavy atom. The molecule has 0 spiro atoms. The molecule has 2 rings (SSSR count). The number of phenols is 1. The molecule has 0 heterocycles. The predicted molar refractivity (Wildman–Crippen MR) is 71.5 cm³/mol. The molecule has 0 unspecified atom stereocenters. The molecular weight excluding hydrogens is 264 g/mol. The van der Waals surface area contributed by atoms with Gasteiger partial charge in [-0.3, -0.25) is 4.79 Å². The molecule has 5 heteroatoms. The van der Waals surface area contributed by atoms with Crippen LogP contribution in [-0.4, -0.2) is 17.6 Å². The van der Waals surface area contributed by atoms with E-state index in [0.717, 1.165) is 12.1 Å². The van der Waals surface area contributed by atoms with Gasteiger partial charge in [0.25, 0.3) is 5.91 Å². The molecule has 0 atom stereocenters. The number of nitrogens with one attached hydrogen (secondary N) is 1. The molecule has 2 N–H and O–H groups in total. The Kier molecular flexibility index (Phi) is 3.98. The number of carbonyl (C=O) groups is 1. The van der Waals surface area contributed by atoms with E-state index >= 15 is 0 Å². The highest BCUT2D eigenvalue weighted by Crippen LogP contribution is 2.28. The minimum absolute atomic E-state index is 0.0491. The second kappa shape index (κ2) is 5.69. The maximum Gasteiger partial charge on any atom is 0.255 e. The number of rotatable bonds is 3. The average molecular weight is 277 g/mol. The molecule has 0 bridgehead atoms. The van der Waals surface area contributed by atoms with Gasteiger partial charge in [-0.05, 0) is 36.8 Å². The first-order valence-electron chi connectivity index (χ1n) is 6.09. The van der Waals surface area contributed by atoms with E-state index in [2.05, 4.69) is 5.32 Å². The number of hydrogen-bond donors (Lipinski definition) is 2. The molecule has 2 aromatic rings. The van der Waals surface area contributed by atoms with Crippen molar-refractivity contribution in [1.29, 1.82) is 0 Å². The van der Waals surface area contributed by atoms with Crippen molar-refractivity contribution in [3.05, 3.63) is 53.6 Å². The van der Waals surface area contributed by atoms with Gasteiger partial charge in [-0.25, -0.2) is 8.78 Å². The summed E-state index contributed by atoms with van der Waals surface area (Å²) in [5.41, 5.74) is 0.603. The van der Waals surface area contributed by atoms with Gasteiger partial charge in [-0.1, -0.05) is 6.07 Å². The van der Waals surface area contributed by atoms with Crippen molar-refractivity contribution >= 4 is 5.91 Å². The standard InChI is InChI=1S/C15H13F2NO2/c1-2-18-15(20)12-7-9(3-6-14(12)19)11-5-4-10(16)8-13(11)17/h3-8,19H,2H2,1H3,(H,18,20). The largest absolute Gasteiger partial charge is 0.507 e. The van der Waals surface area contributed by atoms with E-state index < -0.39 is 17.5 Å². The lowest BCUT2D eigenvalue weighted by atomic mass is 10.0. The second-order valence-electron chi connectivity index (χ2n) is 4.22. The fraction of sp³-hybridized carbons (Fsp3) is 0.133. The summed E-state index contributed by atoms with van der Waals surface area (Å²) in [5, 5.41) is 12.2. The Morgan fingerprint density at radius 1 is 1.20 bits per heavy atom. The Labute approximate surface area is 114 Å². The number of aromatic hydroxyl groups is 1. The summed E-state index contributed by atoms with van der Waals surface area (Å²) in [6.45, 7) is 2.16. The molecule has 0 saturated heterocycles. The Morgan fingerprint density at radius 3 is 2.60 bits per heavy atom. The zero-order chi connectivity index (χ0) is 14.7. The molecule has 0 radical (unpaired) electrons. The van der Waals surface area contributed by atoms with Crippen molar-refractivity contribution in [2.45, 2.75) is 6.92 Å². The van der Waals surface area contributed by atoms with Gasteiger partial charge in [0.2, 0.25) is 0 Å². The van der Waals surface area contributed by atoms with E-state index in [-0.39, 0.29) is 16.9 Å². The van der Waals surface area contributed by atoms with E-state index in [1.165, 1.54) is 24.3 Å². The molecule has 104 valence electrons. The smallest absolute Gasteiger partial charge is 0.255 e. The van der Waals surface area contributed by atoms with E-state index in [1.54, 1.807) is 6.92 Å². The number of halogens is 2. The second-order valence-corrected chi connectivity index (χ2v) is 4.22. The van der Waals surface area contributed by atoms with Crippen LogP contribution in [0.5, 0.6) is 5.75 Å². The van der Waals surface area contributed by atoms with Crippen molar-refractivity contribution in [1.82, 2.24) is 5.32 Å². The average Bonchev–Trinajstić information content (AvgIpc) is 2.40. The third kappa shape index (κ3) is 2.77. The van der Waals surface area contributed by atoms with Crippen molar-refractivity contribution in [2.24, 2.45) is 0 Å². The van der Waals surface area contributed by atoms with Gasteiger partial charge in [0, 0.05) is 18.2 Å². The normalized spacial score (nSPS) is 10.3. The van der Waals surface area contributed by atoms with Crippen LogP contribution in [-0.2, 0) is 0 Å². The maximum absolute atomic E-state index is 13.7. The fourth-order valence-electron chi connectivity index (χ4n) is 1.86. The summed E-state index contributed by atoms with van der Waals surface area (Å²) < 4.78 is 26.6. The molecule has 3 nitrogen and oxygen atoms in total. The summed E-state index contributed by atoms with van der Waals surface area (Å²) in [6, 6.07) is 7.34. The van der Waals surface area contributed by atoms with Crippen LogP contribution < -0.4 is 5.32 Å². The van der Waals surface area contributed by atoms with Crippen LogP contribution in [0.3, 0.4) is 0 Å². The van der Waals surface area contributed by atoms with Gasteiger partial charge in [0.1, 0.15) is 17.4 Å². The first-order valence-corrected chi connectivity index (χ1v) is 6.09. The highest BCUT2D eigenvalue weighted by atomic mass is 19.1. The van der Waals surface area contributed by atoms with E-state index in [1.807, 2.05) is 0 Å². The third-order valence-electron chi connectivity index (χ3n) is 2.82. The zero-order valence-corrected chi connectivity index (χ0v) is 10.8. The molecule has 0 aromatic heterocycles. The molecular formula is C15H13F2NO2. The molecule has 0 saturated carbocycles. The van der Waals surface area contributed by atoms with Crippen LogP contribution in [0, 0.1) is 11.6 Å². The van der Waals surface area contributed by atoms with Gasteiger partial charge in [-0.2, -0.15) is 0 Å². The van der Waals surface area contributed by atoms with E-state index in [0.29, 0.717) is 12.1 Å². The summed E-state index contributed by atoms with van der Waals surface area (Å²) in [7, 11) is 0. The topological polar surface area (TPSA) is 49.3 Å². The third-order valence-corrected chi connectivity index (χ3v) is 2.82. The number of hydrogen-bond acceptors (Lipinski definition) is 2. The fourth-order valence-corrected chi connectivity index (χ4v) is 1.86. The van der Waals surface area contributed by atoms with Gasteiger partial charge < -0.3 is 10.4 Å². The minimum Gasteiger partial charge on any atom is -0.507 e. The van der Waals surface area contributed by atoms with Gasteiger partial charge in [-0.15, -0.1) is 0 Å². The molecule has 0 fully saturated rings. The Bertz CT molecular complexity index is 656. The quantitative estimate of drug-likeness (QED) is 0.905. The number of phenolic OH excluding ortho intramolecular Hbond substituents is 1. The van der Waals surface area contributed by atoms with Crippen molar-refractivity contribution < 1.29 is 18.7 Å². The highest BCUT2D eigenvalue weighted by Gasteiger charge is 2.13. The van der Waals surface area contributed by atoms with Crippen molar-refractivity contribution in [3.8, 4) is 16.9 Å². The first kappa shape index (κ1) is 14.0. The lowest BCUT2D eigenvalue weighted by Gasteiger charge is -2.09. The lowest BCUT2D eigenvalue weighted by Crippen LogP contribution is -2.22. The zero-order valence-electron chi connectivity index (χ0n) is 10.8. The molecule has 20 heavy (non-hydrogen) atoms. The molecule has 0 aliphatic heterocycles. The first-order chi connectivity index (χ1) is 9.52. The van der Waals surface area contributed by atoms with Crippen LogP contribution in [0.2, 0.25) is 0 Å². The molecule has 2 aromatic carbocycles. The lowest BCUT2D eigenvalue weighted by molar-refractivity contribution is 0.0953. The summed E-state index contributed by atoms with van der Waals surface area (Å²) in [6.07, 6.45) is 0. The van der Waals surface area contributed by atoms with Gasteiger partial charge in [0.15, 0.2) is 0 Å². The van der Waals surface area contributed by atoms with Crippen LogP contribution in [0.1, 0.15) is 17.3 Å². The predicted octanol–water partition coefficient (Wildman–Crippen LogP) is 3.09. The van der Waals surface area contributed by atoms with Crippen LogP contribution >= 0.6 is 0 Å². The molecule has 1 amide bonds. The summed E-state index contributed by atoms with van der Waals surface area (Å²) >= 11 is 0. The number of amides is 1. The van der Waals surface area contributed by atoms with E-state index in [9.17, 15) is 18.7 Å². The SMILES string of the molecule is CCNC(=O)c1cc(-c2ccc(F)cc2F)ccc1O. The van der Waals surface area contributed by atoms with Crippen molar-refractivity contribution in [2.75, 3.05) is 6.54 Å². The van der Waals surface area contributed by atoms with Crippen LogP contribution in [0.4, 0.5) is 8.78 Å². The van der Waals surface area contributed by atoms with Crippen LogP contribution in [0.15, 0.2) is 36.4 Å². The van der Waals surface area contributed by atoms with Gasteiger partial charge in [0.05, 0.1) is 5.56 Å². The Balaban J connectivity index is 2.48. The van der Waals surface area contributed by atoms with Crippen LogP contribution in [0.25, 0.3) is 11.1 Å². The van der Waals surface area contributed by atoms with Crippen molar-refractivity contribution in [3.63, 3.8) is 0 Å². The molecule has 0 aliphatic carbocycles. The number of benzene rings is 2. The summed E-state index contributed by atoms with van der Waals surface area (Å²) in [5.74, 6) is -2.04. The minimum atomic E-state index is -0.725. The highest BCUT2D eigenvalue weighted by molar-refractivity contribution is 5.98. The van der Waals surface area contributed by atoms with Gasteiger partial charge >= 0.3 is 0 Å². The Hall–Kier alpha value is -2.43. The van der Waals surface area contributed by atoms with E-state index in [4.69, 9.17) is 0 Å².